The van der Waals surface area contributed by atoms with Crippen molar-refractivity contribution in [3.8, 4) is 5.88 Å². The Morgan fingerprint density at radius 1 is 1.33 bits per heavy atom. The average Bonchev–Trinajstić information content (AvgIpc) is 3.11. The van der Waals surface area contributed by atoms with E-state index < -0.39 is 5.43 Å². The number of nitrogens with zero attached hydrogens (tertiary/aromatic N) is 3. The lowest BCUT2D eigenvalue weighted by atomic mass is 10.0. The summed E-state index contributed by atoms with van der Waals surface area (Å²) >= 11 is 6.55. The number of carbonyl (C=O) groups is 1. The number of aromatic nitrogens is 2. The quantitative estimate of drug-likeness (QED) is 0.302. The minimum atomic E-state index is -0.769. The van der Waals surface area contributed by atoms with Gasteiger partial charge in [0.15, 0.2) is 0 Å². The minimum Gasteiger partial charge on any atom is -0.475 e. The van der Waals surface area contributed by atoms with Crippen LogP contribution in [0.25, 0.3) is 5.57 Å². The van der Waals surface area contributed by atoms with Gasteiger partial charge in [0.2, 0.25) is 6.23 Å². The van der Waals surface area contributed by atoms with Gasteiger partial charge in [-0.1, -0.05) is 46.1 Å². The first-order chi connectivity index (χ1) is 13.0. The van der Waals surface area contributed by atoms with Gasteiger partial charge in [-0.25, -0.2) is 4.79 Å². The molecule has 0 aromatic carbocycles. The van der Waals surface area contributed by atoms with E-state index in [0.29, 0.717) is 23.5 Å². The van der Waals surface area contributed by atoms with Gasteiger partial charge in [0.25, 0.3) is 5.88 Å². The summed E-state index contributed by atoms with van der Waals surface area (Å²) in [5.41, 5.74) is 1.13. The molecule has 0 saturated heterocycles. The van der Waals surface area contributed by atoms with Crippen molar-refractivity contribution in [3.63, 3.8) is 0 Å². The SMILES string of the molecule is CC.CCCCCCOc1nsnc1C1=CCC[N+](C)(C(C)OC(=O)Cl)C1. The number of ether oxygens (including phenoxy) is 2. The molecule has 1 aliphatic heterocycles. The topological polar surface area (TPSA) is 61.3 Å². The fourth-order valence-corrected chi connectivity index (χ4v) is 3.64. The minimum absolute atomic E-state index is 0.321. The number of hydrogen-bond donors (Lipinski definition) is 0. The molecule has 0 bridgehead atoms. The summed E-state index contributed by atoms with van der Waals surface area (Å²) in [6.07, 6.45) is 7.36. The van der Waals surface area contributed by atoms with Gasteiger partial charge in [-0.3, -0.25) is 4.48 Å². The van der Waals surface area contributed by atoms with E-state index in [9.17, 15) is 4.79 Å². The third-order valence-electron chi connectivity index (χ3n) is 4.70. The first-order valence-electron chi connectivity index (χ1n) is 9.81. The predicted octanol–water partition coefficient (Wildman–Crippen LogP) is 5.48. The third kappa shape index (κ3) is 7.39. The molecule has 2 atom stereocenters. The van der Waals surface area contributed by atoms with E-state index in [0.717, 1.165) is 30.7 Å². The van der Waals surface area contributed by atoms with Crippen LogP contribution in [0.15, 0.2) is 6.08 Å². The number of rotatable bonds is 9. The summed E-state index contributed by atoms with van der Waals surface area (Å²) in [6, 6.07) is 0. The van der Waals surface area contributed by atoms with E-state index in [1.807, 2.05) is 20.8 Å². The second-order valence-corrected chi connectivity index (χ2v) is 7.50. The van der Waals surface area contributed by atoms with Gasteiger partial charge in [-0.15, -0.1) is 4.37 Å². The zero-order valence-electron chi connectivity index (χ0n) is 17.2. The molecule has 1 aromatic rings. The summed E-state index contributed by atoms with van der Waals surface area (Å²) in [6.45, 7) is 10.3. The fourth-order valence-electron chi connectivity index (χ4n) is 2.98. The summed E-state index contributed by atoms with van der Waals surface area (Å²) in [4.78, 5) is 11.1. The van der Waals surface area contributed by atoms with E-state index in [1.54, 1.807) is 0 Å². The monoisotopic (exact) mass is 418 g/mol. The molecule has 0 spiro atoms. The fraction of sp³-hybridized carbons (Fsp3) is 0.737. The molecule has 27 heavy (non-hydrogen) atoms. The van der Waals surface area contributed by atoms with Crippen molar-refractivity contribution in [2.75, 3.05) is 26.7 Å². The molecule has 154 valence electrons. The van der Waals surface area contributed by atoms with Gasteiger partial charge in [-0.05, 0) is 6.42 Å². The maximum atomic E-state index is 11.1. The first-order valence-corrected chi connectivity index (χ1v) is 10.9. The Morgan fingerprint density at radius 2 is 2.07 bits per heavy atom. The van der Waals surface area contributed by atoms with Crippen LogP contribution in [0.3, 0.4) is 0 Å². The van der Waals surface area contributed by atoms with E-state index in [-0.39, 0.29) is 6.23 Å². The Balaban J connectivity index is 0.00000176. The van der Waals surface area contributed by atoms with Crippen molar-refractivity contribution in [3.05, 3.63) is 11.8 Å². The molecule has 0 N–H and O–H groups in total. The van der Waals surface area contributed by atoms with Crippen LogP contribution in [0, 0.1) is 0 Å². The highest BCUT2D eigenvalue weighted by Crippen LogP contribution is 2.31. The van der Waals surface area contributed by atoms with Gasteiger partial charge >= 0.3 is 5.43 Å². The Bertz CT molecular complexity index is 609. The Morgan fingerprint density at radius 3 is 2.74 bits per heavy atom. The van der Waals surface area contributed by atoms with Crippen molar-refractivity contribution in [2.24, 2.45) is 0 Å². The zero-order chi connectivity index (χ0) is 20.3. The number of carbonyl (C=O) groups excluding carboxylic acids is 1. The van der Waals surface area contributed by atoms with Crippen molar-refractivity contribution in [1.29, 1.82) is 0 Å². The molecular formula is C19H33ClN3O3S+. The number of unbranched alkanes of at least 4 members (excludes halogenated alkanes) is 3. The van der Waals surface area contributed by atoms with E-state index in [4.69, 9.17) is 21.1 Å². The van der Waals surface area contributed by atoms with Crippen molar-refractivity contribution < 1.29 is 18.8 Å². The molecule has 2 rings (SSSR count). The largest absolute Gasteiger partial charge is 0.475 e. The van der Waals surface area contributed by atoms with E-state index >= 15 is 0 Å². The van der Waals surface area contributed by atoms with E-state index in [1.165, 1.54) is 31.0 Å². The Kier molecular flexibility index (Phi) is 10.9. The van der Waals surface area contributed by atoms with Gasteiger partial charge in [0.1, 0.15) is 12.2 Å². The maximum Gasteiger partial charge on any atom is 0.408 e. The molecular weight excluding hydrogens is 386 g/mol. The second kappa shape index (κ2) is 12.3. The summed E-state index contributed by atoms with van der Waals surface area (Å²) in [5, 5.41) is 0. The third-order valence-corrected chi connectivity index (χ3v) is 5.30. The molecule has 8 heteroatoms. The standard InChI is InChI=1S/C17H27ClN3O3S.C2H6/c1-4-5-6-7-11-23-16-15(19-25-20-16)14-9-8-10-21(3,12-14)13(2)24-17(18)22;1-2/h9,13H,4-8,10-12H2,1-3H3;1-2H3/q+1;. The van der Waals surface area contributed by atoms with Crippen LogP contribution in [-0.4, -0.2) is 51.6 Å². The van der Waals surface area contributed by atoms with Crippen molar-refractivity contribution >= 4 is 34.3 Å². The van der Waals surface area contributed by atoms with E-state index in [2.05, 4.69) is 28.8 Å². The first kappa shape index (κ1) is 23.9. The number of quaternary nitrogens is 1. The Hall–Kier alpha value is -1.18. The van der Waals surface area contributed by atoms with Crippen LogP contribution < -0.4 is 4.74 Å². The van der Waals surface area contributed by atoms with Gasteiger partial charge in [0, 0.05) is 30.5 Å². The lowest BCUT2D eigenvalue weighted by molar-refractivity contribution is -0.944. The van der Waals surface area contributed by atoms with Gasteiger partial charge in [0.05, 0.1) is 31.9 Å². The molecule has 0 fully saturated rings. The molecule has 6 nitrogen and oxygen atoms in total. The van der Waals surface area contributed by atoms with Crippen molar-refractivity contribution in [1.82, 2.24) is 8.75 Å². The van der Waals surface area contributed by atoms with Gasteiger partial charge < -0.3 is 9.47 Å². The van der Waals surface area contributed by atoms with Crippen LogP contribution >= 0.6 is 23.3 Å². The normalized spacial score (nSPS) is 20.1. The number of halogens is 1. The summed E-state index contributed by atoms with van der Waals surface area (Å²) < 4.78 is 20.4. The van der Waals surface area contributed by atoms with Crippen molar-refractivity contribution in [2.45, 2.75) is 66.0 Å². The smallest absolute Gasteiger partial charge is 0.408 e. The number of hydrogen-bond acceptors (Lipinski definition) is 6. The van der Waals surface area contributed by atoms with Crippen LogP contribution in [0.4, 0.5) is 4.79 Å². The highest BCUT2D eigenvalue weighted by Gasteiger charge is 2.36. The van der Waals surface area contributed by atoms with Crippen LogP contribution in [0.2, 0.25) is 0 Å². The lowest BCUT2D eigenvalue weighted by Crippen LogP contribution is -2.55. The molecule has 1 aliphatic rings. The zero-order valence-corrected chi connectivity index (χ0v) is 18.7. The second-order valence-electron chi connectivity index (χ2n) is 6.66. The lowest BCUT2D eigenvalue weighted by Gasteiger charge is -2.40. The molecule has 2 heterocycles. The Labute approximate surface area is 172 Å². The molecule has 1 aromatic heterocycles. The molecule has 0 saturated carbocycles. The maximum absolute atomic E-state index is 11.1. The average molecular weight is 419 g/mol. The molecule has 0 amide bonds. The predicted molar refractivity (Wildman–Crippen MR) is 111 cm³/mol. The number of likely N-dealkylation sites (N-methyl/N-ethyl adjacent to an activating group) is 1. The van der Waals surface area contributed by atoms with Crippen LogP contribution in [-0.2, 0) is 4.74 Å². The summed E-state index contributed by atoms with van der Waals surface area (Å²) in [7, 11) is 2.06. The highest BCUT2D eigenvalue weighted by atomic mass is 35.5. The summed E-state index contributed by atoms with van der Waals surface area (Å²) in [5.74, 6) is 0.614. The molecule has 0 aliphatic carbocycles. The van der Waals surface area contributed by atoms with Crippen LogP contribution in [0.1, 0.15) is 65.5 Å². The molecule has 2 unspecified atom stereocenters. The molecule has 0 radical (unpaired) electrons. The highest BCUT2D eigenvalue weighted by molar-refractivity contribution is 6.99. The van der Waals surface area contributed by atoms with Crippen LogP contribution in [0.5, 0.6) is 5.88 Å². The van der Waals surface area contributed by atoms with Gasteiger partial charge in [-0.2, -0.15) is 4.37 Å².